The van der Waals surface area contributed by atoms with Crippen molar-refractivity contribution in [2.45, 2.75) is 13.8 Å². The molecule has 4 rings (SSSR count). The number of aryl methyl sites for hydroxylation is 2. The number of rotatable bonds is 3. The lowest BCUT2D eigenvalue weighted by Gasteiger charge is -2.10. The Labute approximate surface area is 152 Å². The monoisotopic (exact) mass is 341 g/mol. The zero-order valence-corrected chi connectivity index (χ0v) is 14.7. The van der Waals surface area contributed by atoms with E-state index in [2.05, 4.69) is 53.0 Å². The standard InChI is InChI=1S/C22H19N3O/c1-15-5-3-7-21-20(15)13-16(2)25(21)19-10-8-18(9-11-19)24-22(26)17-6-4-12-23-14-17/h3-14H,1-2H3,(H,24,26). The van der Waals surface area contributed by atoms with Crippen molar-refractivity contribution in [3.8, 4) is 5.69 Å². The maximum atomic E-state index is 12.2. The molecule has 0 unspecified atom stereocenters. The van der Waals surface area contributed by atoms with Crippen molar-refractivity contribution in [3.05, 3.63) is 89.9 Å². The summed E-state index contributed by atoms with van der Waals surface area (Å²) in [4.78, 5) is 16.2. The Morgan fingerprint density at radius 1 is 1.00 bits per heavy atom. The number of hydrogen-bond acceptors (Lipinski definition) is 2. The average molecular weight is 341 g/mol. The fourth-order valence-corrected chi connectivity index (χ4v) is 3.25. The number of carbonyl (C=O) groups excluding carboxylic acids is 1. The second kappa shape index (κ2) is 6.48. The molecule has 128 valence electrons. The molecule has 4 aromatic rings. The average Bonchev–Trinajstić information content (AvgIpc) is 3.01. The van der Waals surface area contributed by atoms with Crippen LogP contribution in [0.25, 0.3) is 16.6 Å². The number of fused-ring (bicyclic) bond motifs is 1. The minimum atomic E-state index is -0.163. The highest BCUT2D eigenvalue weighted by Crippen LogP contribution is 2.27. The molecule has 26 heavy (non-hydrogen) atoms. The van der Waals surface area contributed by atoms with Gasteiger partial charge in [0.15, 0.2) is 0 Å². The van der Waals surface area contributed by atoms with Gasteiger partial charge in [0.05, 0.1) is 11.1 Å². The lowest BCUT2D eigenvalue weighted by Crippen LogP contribution is -2.12. The third-order valence-corrected chi connectivity index (χ3v) is 4.56. The van der Waals surface area contributed by atoms with Crippen LogP contribution < -0.4 is 5.32 Å². The molecule has 0 atom stereocenters. The van der Waals surface area contributed by atoms with Gasteiger partial charge in [-0.15, -0.1) is 0 Å². The summed E-state index contributed by atoms with van der Waals surface area (Å²) in [5.41, 5.74) is 6.01. The predicted molar refractivity (Wildman–Crippen MR) is 105 cm³/mol. The molecule has 1 amide bonds. The van der Waals surface area contributed by atoms with E-state index in [9.17, 15) is 4.79 Å². The molecule has 0 fully saturated rings. The Bertz CT molecular complexity index is 1080. The van der Waals surface area contributed by atoms with E-state index in [0.717, 1.165) is 11.4 Å². The van der Waals surface area contributed by atoms with Crippen LogP contribution in [0.15, 0.2) is 73.1 Å². The van der Waals surface area contributed by atoms with Crippen molar-refractivity contribution in [1.82, 2.24) is 9.55 Å². The van der Waals surface area contributed by atoms with E-state index in [4.69, 9.17) is 0 Å². The van der Waals surface area contributed by atoms with Crippen LogP contribution in [0.4, 0.5) is 5.69 Å². The molecule has 0 bridgehead atoms. The van der Waals surface area contributed by atoms with Crippen LogP contribution in [0.1, 0.15) is 21.6 Å². The first-order valence-electron chi connectivity index (χ1n) is 8.53. The molecule has 2 heterocycles. The first-order valence-corrected chi connectivity index (χ1v) is 8.53. The molecule has 2 aromatic heterocycles. The molecule has 4 nitrogen and oxygen atoms in total. The highest BCUT2D eigenvalue weighted by Gasteiger charge is 2.10. The summed E-state index contributed by atoms with van der Waals surface area (Å²) in [5.74, 6) is -0.163. The number of hydrogen-bond donors (Lipinski definition) is 1. The van der Waals surface area contributed by atoms with Gasteiger partial charge in [-0.3, -0.25) is 9.78 Å². The Kier molecular flexibility index (Phi) is 4.01. The van der Waals surface area contributed by atoms with E-state index in [0.29, 0.717) is 5.56 Å². The van der Waals surface area contributed by atoms with Crippen LogP contribution in [0, 0.1) is 13.8 Å². The summed E-state index contributed by atoms with van der Waals surface area (Å²) in [6, 6.07) is 19.9. The number of pyridine rings is 1. The number of aromatic nitrogens is 2. The number of amides is 1. The molecule has 2 aromatic carbocycles. The fourth-order valence-electron chi connectivity index (χ4n) is 3.25. The quantitative estimate of drug-likeness (QED) is 0.576. The summed E-state index contributed by atoms with van der Waals surface area (Å²) in [7, 11) is 0. The minimum absolute atomic E-state index is 0.163. The second-order valence-corrected chi connectivity index (χ2v) is 6.37. The molecule has 0 saturated heterocycles. The summed E-state index contributed by atoms with van der Waals surface area (Å²) in [6.07, 6.45) is 3.21. The Morgan fingerprint density at radius 2 is 1.81 bits per heavy atom. The van der Waals surface area contributed by atoms with Gasteiger partial charge >= 0.3 is 0 Å². The number of nitrogens with one attached hydrogen (secondary N) is 1. The first-order chi connectivity index (χ1) is 12.6. The topological polar surface area (TPSA) is 46.9 Å². The minimum Gasteiger partial charge on any atom is -0.322 e. The maximum absolute atomic E-state index is 12.2. The van der Waals surface area contributed by atoms with Gasteiger partial charge in [-0.05, 0) is 67.9 Å². The van der Waals surface area contributed by atoms with E-state index < -0.39 is 0 Å². The van der Waals surface area contributed by atoms with Crippen LogP contribution in [0.5, 0.6) is 0 Å². The highest BCUT2D eigenvalue weighted by atomic mass is 16.1. The number of carbonyl (C=O) groups is 1. The van der Waals surface area contributed by atoms with Crippen LogP contribution in [-0.2, 0) is 0 Å². The van der Waals surface area contributed by atoms with E-state index in [1.165, 1.54) is 22.2 Å². The van der Waals surface area contributed by atoms with E-state index in [1.54, 1.807) is 24.5 Å². The highest BCUT2D eigenvalue weighted by molar-refractivity contribution is 6.04. The van der Waals surface area contributed by atoms with Gasteiger partial charge in [-0.25, -0.2) is 0 Å². The molecule has 0 radical (unpaired) electrons. The molecule has 0 saturated carbocycles. The van der Waals surface area contributed by atoms with Crippen molar-refractivity contribution in [2.75, 3.05) is 5.32 Å². The second-order valence-electron chi connectivity index (χ2n) is 6.37. The Hall–Kier alpha value is -3.40. The van der Waals surface area contributed by atoms with Crippen molar-refractivity contribution in [2.24, 2.45) is 0 Å². The molecule has 0 aliphatic rings. The summed E-state index contributed by atoms with van der Waals surface area (Å²) in [6.45, 7) is 4.24. The summed E-state index contributed by atoms with van der Waals surface area (Å²) >= 11 is 0. The van der Waals surface area contributed by atoms with Crippen molar-refractivity contribution < 1.29 is 4.79 Å². The molecule has 0 aliphatic heterocycles. The smallest absolute Gasteiger partial charge is 0.257 e. The number of anilines is 1. The SMILES string of the molecule is Cc1cccc2c1cc(C)n2-c1ccc(NC(=O)c2cccnc2)cc1. The third kappa shape index (κ3) is 2.86. The predicted octanol–water partition coefficient (Wildman–Crippen LogP) is 4.89. The molecule has 0 spiro atoms. The van der Waals surface area contributed by atoms with Gasteiger partial charge in [-0.1, -0.05) is 12.1 Å². The van der Waals surface area contributed by atoms with Gasteiger partial charge in [0.2, 0.25) is 0 Å². The molecular formula is C22H19N3O. The van der Waals surface area contributed by atoms with Crippen LogP contribution in [0.2, 0.25) is 0 Å². The van der Waals surface area contributed by atoms with Gasteiger partial charge in [0, 0.05) is 34.8 Å². The van der Waals surface area contributed by atoms with Crippen molar-refractivity contribution in [1.29, 1.82) is 0 Å². The van der Waals surface area contributed by atoms with Gasteiger partial charge < -0.3 is 9.88 Å². The van der Waals surface area contributed by atoms with Crippen LogP contribution in [-0.4, -0.2) is 15.5 Å². The van der Waals surface area contributed by atoms with Gasteiger partial charge in [0.1, 0.15) is 0 Å². The molecular weight excluding hydrogens is 322 g/mol. The van der Waals surface area contributed by atoms with E-state index in [-0.39, 0.29) is 5.91 Å². The van der Waals surface area contributed by atoms with Gasteiger partial charge in [0.25, 0.3) is 5.91 Å². The van der Waals surface area contributed by atoms with Crippen molar-refractivity contribution in [3.63, 3.8) is 0 Å². The first kappa shape index (κ1) is 16.1. The Morgan fingerprint density at radius 3 is 2.54 bits per heavy atom. The largest absolute Gasteiger partial charge is 0.322 e. The zero-order valence-electron chi connectivity index (χ0n) is 14.7. The van der Waals surface area contributed by atoms with Crippen molar-refractivity contribution >= 4 is 22.5 Å². The van der Waals surface area contributed by atoms with Crippen LogP contribution in [0.3, 0.4) is 0 Å². The molecule has 0 aliphatic carbocycles. The summed E-state index contributed by atoms with van der Waals surface area (Å²) < 4.78 is 2.23. The Balaban J connectivity index is 1.64. The fraction of sp³-hybridized carbons (Fsp3) is 0.0909. The molecule has 1 N–H and O–H groups in total. The van der Waals surface area contributed by atoms with Gasteiger partial charge in [-0.2, -0.15) is 0 Å². The third-order valence-electron chi connectivity index (χ3n) is 4.56. The zero-order chi connectivity index (χ0) is 18.1. The number of nitrogens with zero attached hydrogens (tertiary/aromatic N) is 2. The number of benzene rings is 2. The van der Waals surface area contributed by atoms with E-state index >= 15 is 0 Å². The van der Waals surface area contributed by atoms with Crippen LogP contribution >= 0.6 is 0 Å². The molecule has 4 heteroatoms. The summed E-state index contributed by atoms with van der Waals surface area (Å²) in [5, 5.41) is 4.17. The lowest BCUT2D eigenvalue weighted by atomic mass is 10.1. The van der Waals surface area contributed by atoms with E-state index in [1.807, 2.05) is 24.3 Å². The maximum Gasteiger partial charge on any atom is 0.257 e. The lowest BCUT2D eigenvalue weighted by molar-refractivity contribution is 0.102. The normalized spacial score (nSPS) is 10.8.